The molecule has 0 aliphatic rings. The second-order valence-corrected chi connectivity index (χ2v) is 7.20. The lowest BCUT2D eigenvalue weighted by atomic mass is 10.0. The highest BCUT2D eigenvalue weighted by molar-refractivity contribution is 7.89. The predicted molar refractivity (Wildman–Crippen MR) is 81.2 cm³/mol. The molecule has 3 nitrogen and oxygen atoms in total. The largest absolute Gasteiger partial charge is 0.241 e. The number of hydrogen-bond donors (Lipinski definition) is 1. The van der Waals surface area contributed by atoms with Gasteiger partial charge in [0.1, 0.15) is 0 Å². The van der Waals surface area contributed by atoms with Crippen molar-refractivity contribution in [3.8, 4) is 0 Å². The molecule has 0 radical (unpaired) electrons. The van der Waals surface area contributed by atoms with Gasteiger partial charge in [-0.05, 0) is 24.6 Å². The van der Waals surface area contributed by atoms with Gasteiger partial charge in [-0.2, -0.15) is 0 Å². The zero-order valence-corrected chi connectivity index (χ0v) is 13.9. The van der Waals surface area contributed by atoms with Gasteiger partial charge >= 0.3 is 0 Å². The first-order chi connectivity index (χ1) is 8.78. The zero-order valence-electron chi connectivity index (χ0n) is 10.1. The molecular weight excluding hydrogens is 352 g/mol. The number of nitrogens with one attached hydrogen (secondary N) is 1. The van der Waals surface area contributed by atoms with Crippen LogP contribution in [0.4, 0.5) is 0 Å². The molecular formula is C11H13Cl4NO2S. The molecule has 0 aromatic heterocycles. The van der Waals surface area contributed by atoms with Gasteiger partial charge in [0.25, 0.3) is 0 Å². The normalized spacial score (nSPS) is 12.7. The molecule has 1 N–H and O–H groups in total. The van der Waals surface area contributed by atoms with Crippen LogP contribution in [0.5, 0.6) is 0 Å². The molecule has 0 fully saturated rings. The predicted octanol–water partition coefficient (Wildman–Crippen LogP) is 3.90. The molecule has 0 bridgehead atoms. The van der Waals surface area contributed by atoms with Gasteiger partial charge in [0, 0.05) is 21.8 Å². The van der Waals surface area contributed by atoms with Gasteiger partial charge in [-0.25, -0.2) is 13.1 Å². The fraction of sp³-hybridized carbons (Fsp3) is 0.455. The molecule has 1 aromatic carbocycles. The third kappa shape index (κ3) is 4.38. The molecule has 19 heavy (non-hydrogen) atoms. The van der Waals surface area contributed by atoms with Gasteiger partial charge in [-0.15, -0.1) is 23.2 Å². The second-order valence-electron chi connectivity index (χ2n) is 4.11. The Balaban J connectivity index is 3.17. The van der Waals surface area contributed by atoms with Crippen molar-refractivity contribution < 1.29 is 8.42 Å². The first-order valence-electron chi connectivity index (χ1n) is 5.40. The van der Waals surface area contributed by atoms with Gasteiger partial charge in [0.05, 0.1) is 10.4 Å². The van der Waals surface area contributed by atoms with Crippen LogP contribution in [0.1, 0.15) is 13.3 Å². The minimum atomic E-state index is -3.79. The highest BCUT2D eigenvalue weighted by Crippen LogP contribution is 2.24. The number of halogens is 4. The van der Waals surface area contributed by atoms with Crippen LogP contribution in [0, 0.1) is 0 Å². The van der Waals surface area contributed by atoms with Crippen LogP contribution >= 0.6 is 46.4 Å². The molecule has 0 amide bonds. The lowest BCUT2D eigenvalue weighted by Crippen LogP contribution is -2.51. The average Bonchev–Trinajstić information content (AvgIpc) is 2.35. The van der Waals surface area contributed by atoms with Crippen LogP contribution in [-0.2, 0) is 10.0 Å². The summed E-state index contributed by atoms with van der Waals surface area (Å²) in [4.78, 5) is -0.0157. The van der Waals surface area contributed by atoms with Crippen molar-refractivity contribution in [1.29, 1.82) is 0 Å². The lowest BCUT2D eigenvalue weighted by molar-refractivity contribution is 0.449. The van der Waals surface area contributed by atoms with Gasteiger partial charge in [-0.1, -0.05) is 30.1 Å². The van der Waals surface area contributed by atoms with E-state index in [0.29, 0.717) is 6.42 Å². The van der Waals surface area contributed by atoms with Crippen molar-refractivity contribution in [3.63, 3.8) is 0 Å². The van der Waals surface area contributed by atoms with Gasteiger partial charge in [-0.3, -0.25) is 0 Å². The minimum Gasteiger partial charge on any atom is -0.207 e. The number of hydrogen-bond acceptors (Lipinski definition) is 2. The third-order valence-electron chi connectivity index (χ3n) is 2.69. The number of benzene rings is 1. The molecule has 1 rings (SSSR count). The van der Waals surface area contributed by atoms with Crippen molar-refractivity contribution in [2.24, 2.45) is 0 Å². The van der Waals surface area contributed by atoms with E-state index in [1.165, 1.54) is 18.2 Å². The molecule has 0 saturated heterocycles. The van der Waals surface area contributed by atoms with E-state index < -0.39 is 15.6 Å². The average molecular weight is 365 g/mol. The smallest absolute Gasteiger partial charge is 0.207 e. The molecule has 108 valence electrons. The van der Waals surface area contributed by atoms with Crippen molar-refractivity contribution in [1.82, 2.24) is 4.72 Å². The fourth-order valence-electron chi connectivity index (χ4n) is 1.38. The lowest BCUT2D eigenvalue weighted by Gasteiger charge is -2.29. The Bertz CT molecular complexity index is 515. The topological polar surface area (TPSA) is 46.2 Å². The monoisotopic (exact) mass is 363 g/mol. The quantitative estimate of drug-likeness (QED) is 0.778. The standard InChI is InChI=1S/C11H13Cl4NO2S/c1-2-11(6-12,7-13)16-19(17,18)10-4-8(14)3-9(15)5-10/h3-5,16H,2,6-7H2,1H3. The molecule has 0 saturated carbocycles. The van der Waals surface area contributed by atoms with E-state index in [9.17, 15) is 8.42 Å². The fourth-order valence-corrected chi connectivity index (χ4v) is 4.53. The summed E-state index contributed by atoms with van der Waals surface area (Å²) in [5, 5.41) is 0.485. The summed E-state index contributed by atoms with van der Waals surface area (Å²) in [7, 11) is -3.79. The van der Waals surface area contributed by atoms with Gasteiger partial charge < -0.3 is 0 Å². The molecule has 0 spiro atoms. The van der Waals surface area contributed by atoms with E-state index in [2.05, 4.69) is 4.72 Å². The van der Waals surface area contributed by atoms with Crippen LogP contribution in [0.25, 0.3) is 0 Å². The number of alkyl halides is 2. The van der Waals surface area contributed by atoms with E-state index in [4.69, 9.17) is 46.4 Å². The van der Waals surface area contributed by atoms with Crippen molar-refractivity contribution >= 4 is 56.4 Å². The first-order valence-corrected chi connectivity index (χ1v) is 8.71. The van der Waals surface area contributed by atoms with Crippen LogP contribution in [0.2, 0.25) is 10.0 Å². The summed E-state index contributed by atoms with van der Waals surface area (Å²) in [5.41, 5.74) is -0.892. The maximum Gasteiger partial charge on any atom is 0.241 e. The van der Waals surface area contributed by atoms with Crippen molar-refractivity contribution in [2.45, 2.75) is 23.8 Å². The number of sulfonamides is 1. The minimum absolute atomic E-state index is 0.0157. The summed E-state index contributed by atoms with van der Waals surface area (Å²) in [6.07, 6.45) is 0.466. The Morgan fingerprint density at radius 2 is 1.58 bits per heavy atom. The summed E-state index contributed by atoms with van der Waals surface area (Å²) >= 11 is 23.2. The summed E-state index contributed by atoms with van der Waals surface area (Å²) < 4.78 is 27.1. The van der Waals surface area contributed by atoms with Crippen LogP contribution in [-0.4, -0.2) is 25.7 Å². The van der Waals surface area contributed by atoms with E-state index in [0.717, 1.165) is 0 Å². The van der Waals surface area contributed by atoms with Crippen LogP contribution in [0.3, 0.4) is 0 Å². The maximum atomic E-state index is 12.3. The summed E-state index contributed by atoms with van der Waals surface area (Å²) in [6.45, 7) is 1.80. The van der Waals surface area contributed by atoms with Gasteiger partial charge in [0.15, 0.2) is 0 Å². The molecule has 0 unspecified atom stereocenters. The Morgan fingerprint density at radius 1 is 1.11 bits per heavy atom. The van der Waals surface area contributed by atoms with Crippen LogP contribution in [0.15, 0.2) is 23.1 Å². The molecule has 1 aromatic rings. The van der Waals surface area contributed by atoms with Gasteiger partial charge in [0.2, 0.25) is 10.0 Å². The van der Waals surface area contributed by atoms with E-state index in [-0.39, 0.29) is 26.7 Å². The molecule has 0 aliphatic heterocycles. The Kier molecular flexibility index (Phi) is 6.24. The van der Waals surface area contributed by atoms with Crippen molar-refractivity contribution in [3.05, 3.63) is 28.2 Å². The van der Waals surface area contributed by atoms with E-state index in [1.54, 1.807) is 6.92 Å². The highest BCUT2D eigenvalue weighted by Gasteiger charge is 2.32. The van der Waals surface area contributed by atoms with Crippen LogP contribution < -0.4 is 4.72 Å². The Hall–Kier alpha value is 0.290. The maximum absolute atomic E-state index is 12.3. The zero-order chi connectivity index (χ0) is 14.7. The summed E-state index contributed by atoms with van der Waals surface area (Å²) in [6, 6.07) is 4.09. The Labute approximate surface area is 133 Å². The molecule has 0 atom stereocenters. The van der Waals surface area contributed by atoms with Crippen molar-refractivity contribution in [2.75, 3.05) is 11.8 Å². The third-order valence-corrected chi connectivity index (χ3v) is 5.70. The van der Waals surface area contributed by atoms with E-state index in [1.807, 2.05) is 0 Å². The molecule has 8 heteroatoms. The summed E-state index contributed by atoms with van der Waals surface area (Å²) in [5.74, 6) is 0.140. The molecule has 0 heterocycles. The molecule has 0 aliphatic carbocycles. The Morgan fingerprint density at radius 3 is 1.95 bits per heavy atom. The highest BCUT2D eigenvalue weighted by atomic mass is 35.5. The first kappa shape index (κ1) is 17.3. The SMILES string of the molecule is CCC(CCl)(CCl)NS(=O)(=O)c1cc(Cl)cc(Cl)c1. The van der Waals surface area contributed by atoms with E-state index >= 15 is 0 Å². The second kappa shape index (κ2) is 6.83. The number of rotatable bonds is 6.